The second-order valence-corrected chi connectivity index (χ2v) is 6.50. The zero-order valence-corrected chi connectivity index (χ0v) is 15.0. The van der Waals surface area contributed by atoms with Crippen molar-refractivity contribution >= 4 is 23.2 Å². The molecule has 2 amide bonds. The van der Waals surface area contributed by atoms with Gasteiger partial charge in [0.1, 0.15) is 5.82 Å². The monoisotopic (exact) mass is 355 g/mol. The van der Waals surface area contributed by atoms with Gasteiger partial charge in [0.2, 0.25) is 0 Å². The van der Waals surface area contributed by atoms with E-state index in [0.29, 0.717) is 37.6 Å². The summed E-state index contributed by atoms with van der Waals surface area (Å²) in [4.78, 5) is 28.1. The Morgan fingerprint density at radius 1 is 1.00 bits per heavy atom. The summed E-state index contributed by atoms with van der Waals surface area (Å²) in [5, 5.41) is 2.70. The topological polar surface area (TPSA) is 52.7 Å². The molecule has 1 aliphatic rings. The smallest absolute Gasteiger partial charge is 0.313 e. The average Bonchev–Trinajstić information content (AvgIpc) is 2.64. The predicted octanol–water partition coefficient (Wildman–Crippen LogP) is 2.73. The predicted molar refractivity (Wildman–Crippen MR) is 99.7 cm³/mol. The lowest BCUT2D eigenvalue weighted by atomic mass is 10.1. The Balaban J connectivity index is 1.60. The molecule has 0 bridgehead atoms. The van der Waals surface area contributed by atoms with Crippen LogP contribution in [0.4, 0.5) is 15.8 Å². The fraction of sp³-hybridized carbons (Fsp3) is 0.300. The van der Waals surface area contributed by atoms with Gasteiger partial charge in [-0.15, -0.1) is 0 Å². The first-order valence-corrected chi connectivity index (χ1v) is 8.62. The van der Waals surface area contributed by atoms with Crippen molar-refractivity contribution in [3.63, 3.8) is 0 Å². The van der Waals surface area contributed by atoms with Crippen LogP contribution < -0.4 is 10.2 Å². The van der Waals surface area contributed by atoms with Crippen molar-refractivity contribution in [3.8, 4) is 0 Å². The van der Waals surface area contributed by atoms with Gasteiger partial charge in [-0.3, -0.25) is 9.59 Å². The van der Waals surface area contributed by atoms with Gasteiger partial charge in [-0.2, -0.15) is 0 Å². The maximum atomic E-state index is 13.9. The number of aryl methyl sites for hydroxylation is 2. The van der Waals surface area contributed by atoms with E-state index in [4.69, 9.17) is 0 Å². The van der Waals surface area contributed by atoms with E-state index in [9.17, 15) is 14.0 Å². The van der Waals surface area contributed by atoms with Crippen molar-refractivity contribution in [2.24, 2.45) is 0 Å². The van der Waals surface area contributed by atoms with E-state index in [1.54, 1.807) is 18.2 Å². The van der Waals surface area contributed by atoms with Crippen molar-refractivity contribution < 1.29 is 14.0 Å². The Morgan fingerprint density at radius 3 is 2.38 bits per heavy atom. The molecule has 1 saturated heterocycles. The zero-order valence-electron chi connectivity index (χ0n) is 15.0. The molecule has 0 spiro atoms. The minimum Gasteiger partial charge on any atom is -0.366 e. The van der Waals surface area contributed by atoms with Gasteiger partial charge >= 0.3 is 11.8 Å². The third-order valence-electron chi connectivity index (χ3n) is 4.60. The van der Waals surface area contributed by atoms with E-state index >= 15 is 0 Å². The summed E-state index contributed by atoms with van der Waals surface area (Å²) in [6.07, 6.45) is 0. The van der Waals surface area contributed by atoms with Crippen LogP contribution in [0.25, 0.3) is 0 Å². The molecule has 0 aliphatic carbocycles. The number of carbonyl (C=O) groups excluding carboxylic acids is 2. The molecule has 3 rings (SSSR count). The molecule has 0 unspecified atom stereocenters. The normalized spacial score (nSPS) is 14.3. The fourth-order valence-electron chi connectivity index (χ4n) is 3.05. The molecule has 0 atom stereocenters. The summed E-state index contributed by atoms with van der Waals surface area (Å²) in [7, 11) is 0. The highest BCUT2D eigenvalue weighted by molar-refractivity contribution is 6.39. The molecule has 5 nitrogen and oxygen atoms in total. The van der Waals surface area contributed by atoms with Crippen LogP contribution in [0, 0.1) is 19.7 Å². The quantitative estimate of drug-likeness (QED) is 0.843. The van der Waals surface area contributed by atoms with Gasteiger partial charge in [-0.05, 0) is 43.2 Å². The summed E-state index contributed by atoms with van der Waals surface area (Å²) in [5.41, 5.74) is 3.09. The molecule has 2 aromatic carbocycles. The number of anilines is 2. The van der Waals surface area contributed by atoms with Gasteiger partial charge in [-0.25, -0.2) is 4.39 Å². The molecule has 2 aromatic rings. The van der Waals surface area contributed by atoms with E-state index in [2.05, 4.69) is 5.32 Å². The first-order chi connectivity index (χ1) is 12.5. The minimum atomic E-state index is -0.641. The molecule has 0 saturated carbocycles. The molecule has 0 aromatic heterocycles. The zero-order chi connectivity index (χ0) is 18.7. The summed E-state index contributed by atoms with van der Waals surface area (Å²) in [6, 6.07) is 12.3. The Kier molecular flexibility index (Phi) is 5.21. The Hall–Kier alpha value is -2.89. The lowest BCUT2D eigenvalue weighted by molar-refractivity contribution is -0.143. The average molecular weight is 355 g/mol. The van der Waals surface area contributed by atoms with Crippen LogP contribution in [0.3, 0.4) is 0 Å². The molecule has 1 aliphatic heterocycles. The number of benzene rings is 2. The standard InChI is InChI=1S/C20H22FN3O2/c1-14-7-8-15(2)17(13-14)22-19(25)20(26)24-11-9-23(10-12-24)18-6-4-3-5-16(18)21/h3-8,13H,9-12H2,1-2H3,(H,22,25). The molecule has 6 heteroatoms. The molecule has 0 radical (unpaired) electrons. The number of rotatable bonds is 2. The number of halogens is 1. The maximum Gasteiger partial charge on any atom is 0.313 e. The lowest BCUT2D eigenvalue weighted by Gasteiger charge is -2.35. The maximum absolute atomic E-state index is 13.9. The summed E-state index contributed by atoms with van der Waals surface area (Å²) in [5.74, 6) is -1.47. The fourth-order valence-corrected chi connectivity index (χ4v) is 3.05. The Morgan fingerprint density at radius 2 is 1.69 bits per heavy atom. The molecule has 1 fully saturated rings. The Bertz CT molecular complexity index is 830. The van der Waals surface area contributed by atoms with E-state index in [-0.39, 0.29) is 5.82 Å². The van der Waals surface area contributed by atoms with Crippen LogP contribution in [0.5, 0.6) is 0 Å². The van der Waals surface area contributed by atoms with E-state index in [0.717, 1.165) is 11.1 Å². The number of amides is 2. The second-order valence-electron chi connectivity index (χ2n) is 6.50. The largest absolute Gasteiger partial charge is 0.366 e. The second kappa shape index (κ2) is 7.56. The summed E-state index contributed by atoms with van der Waals surface area (Å²) >= 11 is 0. The van der Waals surface area contributed by atoms with Crippen molar-refractivity contribution in [3.05, 3.63) is 59.4 Å². The van der Waals surface area contributed by atoms with Crippen LogP contribution in [0.1, 0.15) is 11.1 Å². The molecular weight excluding hydrogens is 333 g/mol. The molecule has 1 heterocycles. The van der Waals surface area contributed by atoms with Crippen LogP contribution in [-0.4, -0.2) is 42.9 Å². The first kappa shape index (κ1) is 17.9. The molecule has 136 valence electrons. The molecule has 1 N–H and O–H groups in total. The van der Waals surface area contributed by atoms with Crippen molar-refractivity contribution in [1.82, 2.24) is 4.90 Å². The number of nitrogens with zero attached hydrogens (tertiary/aromatic N) is 2. The third kappa shape index (κ3) is 3.85. The summed E-state index contributed by atoms with van der Waals surface area (Å²) < 4.78 is 13.9. The van der Waals surface area contributed by atoms with Gasteiger partial charge in [0.05, 0.1) is 5.69 Å². The SMILES string of the molecule is Cc1ccc(C)c(NC(=O)C(=O)N2CCN(c3ccccc3F)CC2)c1. The van der Waals surface area contributed by atoms with Crippen LogP contribution >= 0.6 is 0 Å². The van der Waals surface area contributed by atoms with Crippen LogP contribution in [0.2, 0.25) is 0 Å². The molecular formula is C20H22FN3O2. The number of para-hydroxylation sites is 1. The van der Waals surface area contributed by atoms with Crippen molar-refractivity contribution in [1.29, 1.82) is 0 Å². The van der Waals surface area contributed by atoms with Gasteiger partial charge in [0, 0.05) is 31.9 Å². The summed E-state index contributed by atoms with van der Waals surface area (Å²) in [6.45, 7) is 5.55. The van der Waals surface area contributed by atoms with Gasteiger partial charge in [0.15, 0.2) is 0 Å². The highest BCUT2D eigenvalue weighted by Crippen LogP contribution is 2.20. The third-order valence-corrected chi connectivity index (χ3v) is 4.60. The van der Waals surface area contributed by atoms with E-state index < -0.39 is 11.8 Å². The number of nitrogens with one attached hydrogen (secondary N) is 1. The van der Waals surface area contributed by atoms with Crippen molar-refractivity contribution in [2.75, 3.05) is 36.4 Å². The minimum absolute atomic E-state index is 0.278. The Labute approximate surface area is 152 Å². The van der Waals surface area contributed by atoms with E-state index in [1.165, 1.54) is 11.0 Å². The number of hydrogen-bond donors (Lipinski definition) is 1. The lowest BCUT2D eigenvalue weighted by Crippen LogP contribution is -2.51. The van der Waals surface area contributed by atoms with Crippen LogP contribution in [0.15, 0.2) is 42.5 Å². The van der Waals surface area contributed by atoms with Crippen LogP contribution in [-0.2, 0) is 9.59 Å². The van der Waals surface area contributed by atoms with Gasteiger partial charge in [0.25, 0.3) is 0 Å². The van der Waals surface area contributed by atoms with Gasteiger partial charge in [-0.1, -0.05) is 24.3 Å². The number of piperazine rings is 1. The highest BCUT2D eigenvalue weighted by Gasteiger charge is 2.27. The number of hydrogen-bond acceptors (Lipinski definition) is 3. The van der Waals surface area contributed by atoms with Crippen molar-refractivity contribution in [2.45, 2.75) is 13.8 Å². The highest BCUT2D eigenvalue weighted by atomic mass is 19.1. The van der Waals surface area contributed by atoms with E-state index in [1.807, 2.05) is 36.9 Å². The van der Waals surface area contributed by atoms with Gasteiger partial charge < -0.3 is 15.1 Å². The number of carbonyl (C=O) groups is 2. The first-order valence-electron chi connectivity index (χ1n) is 8.62. The molecule has 26 heavy (non-hydrogen) atoms.